The number of para-hydroxylation sites is 1. The summed E-state index contributed by atoms with van der Waals surface area (Å²) < 4.78 is 0. The highest BCUT2D eigenvalue weighted by atomic mass is 16.6. The lowest BCUT2D eigenvalue weighted by Crippen LogP contribution is -2.04. The van der Waals surface area contributed by atoms with Gasteiger partial charge in [-0.05, 0) is 25.1 Å². The zero-order valence-corrected chi connectivity index (χ0v) is 9.75. The molecular formula is C12H12N4O2. The highest BCUT2D eigenvalue weighted by Gasteiger charge is 2.20. The second kappa shape index (κ2) is 4.70. The van der Waals surface area contributed by atoms with E-state index in [0.717, 1.165) is 5.69 Å². The second-order valence-electron chi connectivity index (χ2n) is 3.79. The molecular weight excluding hydrogens is 232 g/mol. The lowest BCUT2D eigenvalue weighted by atomic mass is 10.2. The molecule has 0 saturated carbocycles. The SMILES string of the molecule is Cc1cc(Nc2ccccc2)c([N+](=O)[O-])c(N)n1. The molecule has 0 radical (unpaired) electrons. The molecule has 3 N–H and O–H groups in total. The van der Waals surface area contributed by atoms with Crippen LogP contribution in [0.2, 0.25) is 0 Å². The van der Waals surface area contributed by atoms with Crippen LogP contribution in [0.5, 0.6) is 0 Å². The third-order valence-electron chi connectivity index (χ3n) is 2.38. The minimum Gasteiger partial charge on any atom is -0.378 e. The quantitative estimate of drug-likeness (QED) is 0.639. The Balaban J connectivity index is 2.46. The van der Waals surface area contributed by atoms with E-state index < -0.39 is 4.92 Å². The molecule has 0 spiro atoms. The largest absolute Gasteiger partial charge is 0.378 e. The molecule has 6 heteroatoms. The molecule has 0 amide bonds. The number of nitro groups is 1. The number of nitrogens with two attached hydrogens (primary N) is 1. The van der Waals surface area contributed by atoms with Gasteiger partial charge in [0.1, 0.15) is 5.69 Å². The number of nitrogens with one attached hydrogen (secondary N) is 1. The monoisotopic (exact) mass is 244 g/mol. The van der Waals surface area contributed by atoms with E-state index >= 15 is 0 Å². The van der Waals surface area contributed by atoms with Crippen molar-refractivity contribution in [2.75, 3.05) is 11.1 Å². The normalized spacial score (nSPS) is 10.1. The minimum atomic E-state index is -0.535. The van der Waals surface area contributed by atoms with E-state index in [1.54, 1.807) is 13.0 Å². The van der Waals surface area contributed by atoms with Crippen molar-refractivity contribution >= 4 is 22.9 Å². The number of pyridine rings is 1. The first-order chi connectivity index (χ1) is 8.58. The molecule has 1 aromatic heterocycles. The third-order valence-corrected chi connectivity index (χ3v) is 2.38. The maximum absolute atomic E-state index is 11.0. The summed E-state index contributed by atoms with van der Waals surface area (Å²) in [5, 5.41) is 14.0. The Kier molecular flexibility index (Phi) is 3.09. The molecule has 6 nitrogen and oxygen atoms in total. The fourth-order valence-corrected chi connectivity index (χ4v) is 1.65. The maximum atomic E-state index is 11.0. The fraction of sp³-hybridized carbons (Fsp3) is 0.0833. The fourth-order valence-electron chi connectivity index (χ4n) is 1.65. The van der Waals surface area contributed by atoms with E-state index in [4.69, 9.17) is 5.73 Å². The summed E-state index contributed by atoms with van der Waals surface area (Å²) in [6.07, 6.45) is 0. The van der Waals surface area contributed by atoms with Crippen molar-refractivity contribution in [2.24, 2.45) is 0 Å². The molecule has 0 bridgehead atoms. The first-order valence-corrected chi connectivity index (χ1v) is 5.31. The third kappa shape index (κ3) is 2.37. The summed E-state index contributed by atoms with van der Waals surface area (Å²) >= 11 is 0. The molecule has 92 valence electrons. The Morgan fingerprint density at radius 2 is 2.00 bits per heavy atom. The van der Waals surface area contributed by atoms with E-state index in [2.05, 4.69) is 10.3 Å². The van der Waals surface area contributed by atoms with Crippen molar-refractivity contribution < 1.29 is 4.92 Å². The van der Waals surface area contributed by atoms with Crippen molar-refractivity contribution in [3.63, 3.8) is 0 Å². The van der Waals surface area contributed by atoms with Gasteiger partial charge in [0, 0.05) is 11.4 Å². The first kappa shape index (κ1) is 11.8. The van der Waals surface area contributed by atoms with Crippen LogP contribution in [0, 0.1) is 17.0 Å². The van der Waals surface area contributed by atoms with Crippen LogP contribution in [0.1, 0.15) is 5.69 Å². The molecule has 0 unspecified atom stereocenters. The lowest BCUT2D eigenvalue weighted by molar-refractivity contribution is -0.383. The molecule has 1 aromatic carbocycles. The Morgan fingerprint density at radius 1 is 1.33 bits per heavy atom. The number of hydrogen-bond acceptors (Lipinski definition) is 5. The van der Waals surface area contributed by atoms with Crippen molar-refractivity contribution in [3.05, 3.63) is 52.2 Å². The van der Waals surface area contributed by atoms with Crippen LogP contribution in [0.15, 0.2) is 36.4 Å². The van der Waals surface area contributed by atoms with Crippen LogP contribution in [0.25, 0.3) is 0 Å². The van der Waals surface area contributed by atoms with Gasteiger partial charge < -0.3 is 11.1 Å². The highest BCUT2D eigenvalue weighted by molar-refractivity contribution is 5.76. The summed E-state index contributed by atoms with van der Waals surface area (Å²) in [4.78, 5) is 14.3. The van der Waals surface area contributed by atoms with Gasteiger partial charge in [-0.2, -0.15) is 0 Å². The van der Waals surface area contributed by atoms with Gasteiger partial charge in [-0.1, -0.05) is 18.2 Å². The van der Waals surface area contributed by atoms with Crippen LogP contribution in [-0.2, 0) is 0 Å². The molecule has 0 saturated heterocycles. The highest BCUT2D eigenvalue weighted by Crippen LogP contribution is 2.32. The molecule has 0 aliphatic heterocycles. The van der Waals surface area contributed by atoms with E-state index in [0.29, 0.717) is 11.4 Å². The summed E-state index contributed by atoms with van der Waals surface area (Å²) in [7, 11) is 0. The van der Waals surface area contributed by atoms with Gasteiger partial charge in [0.2, 0.25) is 5.82 Å². The van der Waals surface area contributed by atoms with Gasteiger partial charge in [-0.15, -0.1) is 0 Å². The van der Waals surface area contributed by atoms with Gasteiger partial charge in [-0.25, -0.2) is 4.98 Å². The van der Waals surface area contributed by atoms with Gasteiger partial charge in [0.25, 0.3) is 0 Å². The van der Waals surface area contributed by atoms with Crippen molar-refractivity contribution in [3.8, 4) is 0 Å². The molecule has 0 aliphatic rings. The molecule has 18 heavy (non-hydrogen) atoms. The van der Waals surface area contributed by atoms with Crippen molar-refractivity contribution in [2.45, 2.75) is 6.92 Å². The molecule has 0 aliphatic carbocycles. The lowest BCUT2D eigenvalue weighted by Gasteiger charge is -2.08. The average Bonchev–Trinajstić information content (AvgIpc) is 2.28. The predicted octanol–water partition coefficient (Wildman–Crippen LogP) is 2.62. The van der Waals surface area contributed by atoms with E-state index in [9.17, 15) is 10.1 Å². The number of nitrogen functional groups attached to an aromatic ring is 1. The molecule has 2 rings (SSSR count). The standard InChI is InChI=1S/C12H12N4O2/c1-8-7-10(11(16(17)18)12(13)14-8)15-9-5-3-2-4-6-9/h2-7H,1H3,(H3,13,14,15). The molecule has 1 heterocycles. The number of nitrogens with zero attached hydrogens (tertiary/aromatic N) is 2. The van der Waals surface area contributed by atoms with Crippen LogP contribution >= 0.6 is 0 Å². The zero-order valence-electron chi connectivity index (χ0n) is 9.75. The second-order valence-corrected chi connectivity index (χ2v) is 3.79. The zero-order chi connectivity index (χ0) is 13.1. The first-order valence-electron chi connectivity index (χ1n) is 5.31. The van der Waals surface area contributed by atoms with Gasteiger partial charge >= 0.3 is 5.69 Å². The Morgan fingerprint density at radius 3 is 2.61 bits per heavy atom. The number of aryl methyl sites for hydroxylation is 1. The van der Waals surface area contributed by atoms with Gasteiger partial charge in [0.05, 0.1) is 4.92 Å². The number of benzene rings is 1. The summed E-state index contributed by atoms with van der Waals surface area (Å²) in [5.74, 6) is -0.0848. The van der Waals surface area contributed by atoms with Crippen molar-refractivity contribution in [1.82, 2.24) is 4.98 Å². The smallest absolute Gasteiger partial charge is 0.334 e. The average molecular weight is 244 g/mol. The van der Waals surface area contributed by atoms with E-state index in [1.807, 2.05) is 30.3 Å². The van der Waals surface area contributed by atoms with E-state index in [-0.39, 0.29) is 11.5 Å². The van der Waals surface area contributed by atoms with Crippen molar-refractivity contribution in [1.29, 1.82) is 0 Å². The summed E-state index contributed by atoms with van der Waals surface area (Å²) in [6, 6.07) is 10.8. The van der Waals surface area contributed by atoms with Crippen LogP contribution in [0.4, 0.5) is 22.9 Å². The molecule has 2 aromatic rings. The van der Waals surface area contributed by atoms with Gasteiger partial charge in [0.15, 0.2) is 0 Å². The molecule has 0 atom stereocenters. The number of rotatable bonds is 3. The van der Waals surface area contributed by atoms with Crippen LogP contribution < -0.4 is 11.1 Å². The Bertz CT molecular complexity index is 584. The maximum Gasteiger partial charge on any atom is 0.334 e. The van der Waals surface area contributed by atoms with Crippen LogP contribution in [0.3, 0.4) is 0 Å². The number of aromatic nitrogens is 1. The predicted molar refractivity (Wildman–Crippen MR) is 69.8 cm³/mol. The molecule has 0 fully saturated rings. The topological polar surface area (TPSA) is 94.1 Å². The summed E-state index contributed by atoms with van der Waals surface area (Å²) in [5.41, 5.74) is 7.10. The Hall–Kier alpha value is -2.63. The minimum absolute atomic E-state index is 0.0848. The van der Waals surface area contributed by atoms with Gasteiger partial charge in [-0.3, -0.25) is 10.1 Å². The Labute approximate surface area is 104 Å². The summed E-state index contributed by atoms with van der Waals surface area (Å²) in [6.45, 7) is 1.73. The van der Waals surface area contributed by atoms with Crippen LogP contribution in [-0.4, -0.2) is 9.91 Å². The number of hydrogen-bond donors (Lipinski definition) is 2. The van der Waals surface area contributed by atoms with E-state index in [1.165, 1.54) is 0 Å². The number of anilines is 3.